The van der Waals surface area contributed by atoms with Crippen molar-refractivity contribution >= 4 is 12.1 Å². The lowest BCUT2D eigenvalue weighted by Gasteiger charge is -2.35. The van der Waals surface area contributed by atoms with Crippen molar-refractivity contribution in [3.05, 3.63) is 12.7 Å². The summed E-state index contributed by atoms with van der Waals surface area (Å²) < 4.78 is 9.82. The van der Waals surface area contributed by atoms with Gasteiger partial charge in [-0.15, -0.1) is 6.58 Å². The van der Waals surface area contributed by atoms with Crippen molar-refractivity contribution in [1.29, 1.82) is 0 Å². The van der Waals surface area contributed by atoms with Crippen LogP contribution < -0.4 is 0 Å². The molecule has 0 bridgehead atoms. The maximum Gasteiger partial charge on any atom is 0.411 e. The molecule has 1 atom stereocenters. The van der Waals surface area contributed by atoms with E-state index in [0.717, 1.165) is 0 Å². The topological polar surface area (TPSA) is 55.8 Å². The monoisotopic (exact) mass is 227 g/mol. The normalized spacial score (nSPS) is 19.4. The second kappa shape index (κ2) is 4.55. The number of hydrogen-bond donors (Lipinski definition) is 0. The van der Waals surface area contributed by atoms with Gasteiger partial charge in [-0.05, 0) is 20.8 Å². The quantitative estimate of drug-likeness (QED) is 0.539. The highest BCUT2D eigenvalue weighted by atomic mass is 16.6. The molecule has 0 aromatic heterocycles. The predicted octanol–water partition coefficient (Wildman–Crippen LogP) is 1.33. The smallest absolute Gasteiger partial charge is 0.411 e. The largest absolute Gasteiger partial charge is 0.461 e. The van der Waals surface area contributed by atoms with Gasteiger partial charge in [0, 0.05) is 6.54 Å². The molecule has 1 fully saturated rings. The van der Waals surface area contributed by atoms with Gasteiger partial charge >= 0.3 is 12.1 Å². The van der Waals surface area contributed by atoms with Crippen LogP contribution in [-0.4, -0.2) is 41.8 Å². The van der Waals surface area contributed by atoms with Gasteiger partial charge in [0.05, 0.1) is 0 Å². The minimum absolute atomic E-state index is 0.228. The highest BCUT2D eigenvalue weighted by Crippen LogP contribution is 2.17. The summed E-state index contributed by atoms with van der Waals surface area (Å²) >= 11 is 0. The van der Waals surface area contributed by atoms with Crippen molar-refractivity contribution in [3.63, 3.8) is 0 Å². The van der Waals surface area contributed by atoms with E-state index < -0.39 is 23.7 Å². The summed E-state index contributed by atoms with van der Waals surface area (Å²) in [6.45, 7) is 9.37. The molecule has 1 saturated heterocycles. The van der Waals surface area contributed by atoms with Crippen molar-refractivity contribution in [2.75, 3.05) is 13.2 Å². The van der Waals surface area contributed by atoms with Crippen LogP contribution in [0.5, 0.6) is 0 Å². The van der Waals surface area contributed by atoms with E-state index in [2.05, 4.69) is 11.3 Å². The summed E-state index contributed by atoms with van der Waals surface area (Å²) in [4.78, 5) is 24.2. The number of carbonyl (C=O) groups is 2. The molecule has 0 radical (unpaired) electrons. The van der Waals surface area contributed by atoms with E-state index in [4.69, 9.17) is 4.74 Å². The second-order valence-electron chi connectivity index (χ2n) is 4.57. The SMILES string of the molecule is C=CCN(C(=O)OC(C)(C)C)[C@H]1COC1=O. The Labute approximate surface area is 95.0 Å². The van der Waals surface area contributed by atoms with Crippen molar-refractivity contribution in [2.45, 2.75) is 32.4 Å². The minimum Gasteiger partial charge on any atom is -0.461 e. The summed E-state index contributed by atoms with van der Waals surface area (Å²) in [6.07, 6.45) is 1.03. The Balaban J connectivity index is 2.66. The molecule has 1 aliphatic heterocycles. The molecule has 0 aliphatic carbocycles. The van der Waals surface area contributed by atoms with E-state index in [1.807, 2.05) is 0 Å². The standard InChI is InChI=1S/C11H17NO4/c1-5-6-12(8-7-15-9(8)13)10(14)16-11(2,3)4/h5,8H,1,6-7H2,2-4H3/t8-/m0/s1. The van der Waals surface area contributed by atoms with Gasteiger partial charge in [-0.25, -0.2) is 9.59 Å². The van der Waals surface area contributed by atoms with Gasteiger partial charge in [-0.3, -0.25) is 4.90 Å². The third kappa shape index (κ3) is 2.98. The van der Waals surface area contributed by atoms with Crippen LogP contribution in [0.15, 0.2) is 12.7 Å². The fourth-order valence-electron chi connectivity index (χ4n) is 1.23. The zero-order chi connectivity index (χ0) is 12.3. The number of ether oxygens (including phenoxy) is 2. The van der Waals surface area contributed by atoms with Crippen molar-refractivity contribution < 1.29 is 19.1 Å². The lowest BCUT2D eigenvalue weighted by molar-refractivity contribution is -0.170. The lowest BCUT2D eigenvalue weighted by atomic mass is 10.2. The van der Waals surface area contributed by atoms with Gasteiger partial charge in [-0.2, -0.15) is 0 Å². The molecule has 1 aliphatic rings. The first-order chi connectivity index (χ1) is 7.35. The lowest BCUT2D eigenvalue weighted by Crippen LogP contribution is -2.56. The Morgan fingerprint density at radius 2 is 2.31 bits per heavy atom. The van der Waals surface area contributed by atoms with E-state index in [9.17, 15) is 9.59 Å². The molecule has 1 rings (SSSR count). The van der Waals surface area contributed by atoms with E-state index in [0.29, 0.717) is 0 Å². The van der Waals surface area contributed by atoms with Gasteiger partial charge in [0.25, 0.3) is 0 Å². The molecule has 5 heteroatoms. The van der Waals surface area contributed by atoms with Gasteiger partial charge in [0.2, 0.25) is 0 Å². The van der Waals surface area contributed by atoms with Crippen LogP contribution >= 0.6 is 0 Å². The van der Waals surface area contributed by atoms with Crippen LogP contribution in [0, 0.1) is 0 Å². The summed E-state index contributed by atoms with van der Waals surface area (Å²) in [5.74, 6) is -0.396. The fourth-order valence-corrected chi connectivity index (χ4v) is 1.23. The highest BCUT2D eigenvalue weighted by molar-refractivity contribution is 5.85. The number of carbonyl (C=O) groups excluding carboxylic acids is 2. The summed E-state index contributed by atoms with van der Waals surface area (Å²) in [5.41, 5.74) is -0.579. The summed E-state index contributed by atoms with van der Waals surface area (Å²) in [6, 6.07) is -0.534. The van der Waals surface area contributed by atoms with Crippen LogP contribution in [0.25, 0.3) is 0 Å². The van der Waals surface area contributed by atoms with Crippen molar-refractivity contribution in [1.82, 2.24) is 4.90 Å². The maximum atomic E-state index is 11.8. The number of amides is 1. The minimum atomic E-state index is -0.579. The number of rotatable bonds is 3. The Kier molecular flexibility index (Phi) is 3.57. The molecule has 16 heavy (non-hydrogen) atoms. The van der Waals surface area contributed by atoms with E-state index >= 15 is 0 Å². The first-order valence-electron chi connectivity index (χ1n) is 5.12. The Morgan fingerprint density at radius 3 is 2.62 bits per heavy atom. The van der Waals surface area contributed by atoms with Gasteiger partial charge in [0.15, 0.2) is 6.04 Å². The summed E-state index contributed by atoms with van der Waals surface area (Å²) in [7, 11) is 0. The number of esters is 1. The van der Waals surface area contributed by atoms with Gasteiger partial charge < -0.3 is 9.47 Å². The molecule has 0 aromatic carbocycles. The molecular weight excluding hydrogens is 210 g/mol. The average molecular weight is 227 g/mol. The number of nitrogens with zero attached hydrogens (tertiary/aromatic N) is 1. The molecule has 0 aromatic rings. The van der Waals surface area contributed by atoms with Crippen LogP contribution in [0.4, 0.5) is 4.79 Å². The number of cyclic esters (lactones) is 1. The first-order valence-corrected chi connectivity index (χ1v) is 5.12. The summed E-state index contributed by atoms with van der Waals surface area (Å²) in [5, 5.41) is 0. The van der Waals surface area contributed by atoms with Gasteiger partial charge in [-0.1, -0.05) is 6.08 Å². The third-order valence-corrected chi connectivity index (χ3v) is 1.99. The van der Waals surface area contributed by atoms with E-state index in [1.54, 1.807) is 26.8 Å². The molecule has 0 saturated carbocycles. The van der Waals surface area contributed by atoms with Gasteiger partial charge in [0.1, 0.15) is 12.2 Å². The Bertz CT molecular complexity index is 306. The molecule has 5 nitrogen and oxygen atoms in total. The van der Waals surface area contributed by atoms with Crippen molar-refractivity contribution in [2.24, 2.45) is 0 Å². The van der Waals surface area contributed by atoms with Crippen LogP contribution in [-0.2, 0) is 14.3 Å². The average Bonchev–Trinajstić information content (AvgIpc) is 2.12. The maximum absolute atomic E-state index is 11.8. The Morgan fingerprint density at radius 1 is 1.69 bits per heavy atom. The third-order valence-electron chi connectivity index (χ3n) is 1.99. The fraction of sp³-hybridized carbons (Fsp3) is 0.636. The molecule has 1 amide bonds. The van der Waals surface area contributed by atoms with Crippen molar-refractivity contribution in [3.8, 4) is 0 Å². The molecule has 0 N–H and O–H groups in total. The van der Waals surface area contributed by atoms with E-state index in [-0.39, 0.29) is 13.2 Å². The van der Waals surface area contributed by atoms with Crippen LogP contribution in [0.2, 0.25) is 0 Å². The Hall–Kier alpha value is -1.52. The molecule has 0 spiro atoms. The second-order valence-corrected chi connectivity index (χ2v) is 4.57. The van der Waals surface area contributed by atoms with Crippen LogP contribution in [0.3, 0.4) is 0 Å². The number of hydrogen-bond acceptors (Lipinski definition) is 4. The predicted molar refractivity (Wildman–Crippen MR) is 57.9 cm³/mol. The zero-order valence-corrected chi connectivity index (χ0v) is 9.86. The zero-order valence-electron chi connectivity index (χ0n) is 9.86. The molecular formula is C11H17NO4. The van der Waals surface area contributed by atoms with Crippen LogP contribution in [0.1, 0.15) is 20.8 Å². The molecule has 1 heterocycles. The van der Waals surface area contributed by atoms with E-state index in [1.165, 1.54) is 4.90 Å². The molecule has 90 valence electrons. The first kappa shape index (κ1) is 12.5. The molecule has 0 unspecified atom stereocenters. The highest BCUT2D eigenvalue weighted by Gasteiger charge is 2.40.